The highest BCUT2D eigenvalue weighted by Crippen LogP contribution is 2.14. The standard InChI is InChI=1S/C11H18O4/c1-4-7-15-11(14)9(6-3)8(5-2)10(12)13/h4-7H2,1-3H3,(H,12,13). The van der Waals surface area contributed by atoms with Gasteiger partial charge in [0.2, 0.25) is 0 Å². The van der Waals surface area contributed by atoms with E-state index in [0.29, 0.717) is 19.4 Å². The van der Waals surface area contributed by atoms with Gasteiger partial charge >= 0.3 is 11.9 Å². The second kappa shape index (κ2) is 7.04. The molecule has 0 aromatic heterocycles. The Morgan fingerprint density at radius 3 is 1.93 bits per heavy atom. The molecule has 0 spiro atoms. The lowest BCUT2D eigenvalue weighted by Gasteiger charge is -2.08. The van der Waals surface area contributed by atoms with Crippen molar-refractivity contribution >= 4 is 11.9 Å². The van der Waals surface area contributed by atoms with Gasteiger partial charge in [-0.25, -0.2) is 9.59 Å². The molecule has 1 N–H and O–H groups in total. The number of carbonyl (C=O) groups is 2. The van der Waals surface area contributed by atoms with E-state index in [1.807, 2.05) is 6.92 Å². The largest absolute Gasteiger partial charge is 0.478 e. The topological polar surface area (TPSA) is 63.6 Å². The highest BCUT2D eigenvalue weighted by Gasteiger charge is 2.18. The fraction of sp³-hybridized carbons (Fsp3) is 0.636. The van der Waals surface area contributed by atoms with Gasteiger partial charge in [-0.1, -0.05) is 20.8 Å². The molecule has 0 unspecified atom stereocenters. The lowest BCUT2D eigenvalue weighted by atomic mass is 10.0. The molecule has 4 nitrogen and oxygen atoms in total. The second-order valence-corrected chi connectivity index (χ2v) is 3.11. The number of ether oxygens (including phenoxy) is 1. The van der Waals surface area contributed by atoms with E-state index in [9.17, 15) is 9.59 Å². The lowest BCUT2D eigenvalue weighted by Crippen LogP contribution is -2.14. The molecule has 0 amide bonds. The number of hydrogen-bond acceptors (Lipinski definition) is 3. The van der Waals surface area contributed by atoms with E-state index in [1.165, 1.54) is 0 Å². The van der Waals surface area contributed by atoms with Crippen LogP contribution in [0.3, 0.4) is 0 Å². The van der Waals surface area contributed by atoms with Crippen LogP contribution in [0.1, 0.15) is 40.0 Å². The van der Waals surface area contributed by atoms with E-state index >= 15 is 0 Å². The van der Waals surface area contributed by atoms with Crippen molar-refractivity contribution in [3.05, 3.63) is 11.1 Å². The summed E-state index contributed by atoms with van der Waals surface area (Å²) in [5.74, 6) is -1.54. The molecule has 0 saturated heterocycles. The third kappa shape index (κ3) is 4.14. The number of hydrogen-bond donors (Lipinski definition) is 1. The van der Waals surface area contributed by atoms with Crippen LogP contribution in [0.25, 0.3) is 0 Å². The van der Waals surface area contributed by atoms with Crippen molar-refractivity contribution in [3.8, 4) is 0 Å². The molecular weight excluding hydrogens is 196 g/mol. The molecule has 86 valence electrons. The van der Waals surface area contributed by atoms with E-state index in [1.54, 1.807) is 13.8 Å². The lowest BCUT2D eigenvalue weighted by molar-refractivity contribution is -0.140. The average molecular weight is 214 g/mol. The minimum Gasteiger partial charge on any atom is -0.478 e. The second-order valence-electron chi connectivity index (χ2n) is 3.11. The highest BCUT2D eigenvalue weighted by atomic mass is 16.5. The van der Waals surface area contributed by atoms with E-state index in [4.69, 9.17) is 9.84 Å². The SMILES string of the molecule is CCCOC(=O)C(CC)=C(CC)C(=O)O. The van der Waals surface area contributed by atoms with Gasteiger partial charge in [-0.3, -0.25) is 0 Å². The molecule has 0 radical (unpaired) electrons. The van der Waals surface area contributed by atoms with Crippen molar-refractivity contribution in [1.29, 1.82) is 0 Å². The van der Waals surface area contributed by atoms with Gasteiger partial charge in [0.15, 0.2) is 0 Å². The molecule has 0 aromatic carbocycles. The summed E-state index contributed by atoms with van der Waals surface area (Å²) in [5, 5.41) is 8.88. The number of carboxylic acid groups (broad SMARTS) is 1. The summed E-state index contributed by atoms with van der Waals surface area (Å²) in [6, 6.07) is 0. The van der Waals surface area contributed by atoms with Crippen LogP contribution >= 0.6 is 0 Å². The number of carboxylic acids is 1. The first kappa shape index (κ1) is 13.7. The smallest absolute Gasteiger partial charge is 0.334 e. The van der Waals surface area contributed by atoms with Gasteiger partial charge in [0.1, 0.15) is 0 Å². The zero-order valence-corrected chi connectivity index (χ0v) is 9.50. The van der Waals surface area contributed by atoms with Crippen molar-refractivity contribution in [2.45, 2.75) is 40.0 Å². The number of aliphatic carboxylic acids is 1. The molecule has 0 atom stereocenters. The summed E-state index contributed by atoms with van der Waals surface area (Å²) in [6.45, 7) is 5.69. The molecule has 0 aliphatic carbocycles. The molecule has 0 aliphatic rings. The third-order valence-electron chi connectivity index (χ3n) is 2.01. The predicted octanol–water partition coefficient (Wildman–Crippen LogP) is 2.14. The van der Waals surface area contributed by atoms with Crippen LogP contribution in [0.5, 0.6) is 0 Å². The molecule has 0 rings (SSSR count). The van der Waals surface area contributed by atoms with Gasteiger partial charge in [-0.15, -0.1) is 0 Å². The average Bonchev–Trinajstić information content (AvgIpc) is 2.21. The molecule has 0 bridgehead atoms. The van der Waals surface area contributed by atoms with Gasteiger partial charge in [0.05, 0.1) is 6.61 Å². The van der Waals surface area contributed by atoms with Gasteiger partial charge in [0, 0.05) is 11.1 Å². The van der Waals surface area contributed by atoms with E-state index in [-0.39, 0.29) is 11.1 Å². The van der Waals surface area contributed by atoms with E-state index < -0.39 is 11.9 Å². The molecule has 15 heavy (non-hydrogen) atoms. The summed E-state index contributed by atoms with van der Waals surface area (Å²) in [5.41, 5.74) is 0.428. The maximum atomic E-state index is 11.5. The number of rotatable bonds is 6. The van der Waals surface area contributed by atoms with Crippen molar-refractivity contribution in [2.75, 3.05) is 6.61 Å². The third-order valence-corrected chi connectivity index (χ3v) is 2.01. The van der Waals surface area contributed by atoms with E-state index in [2.05, 4.69) is 0 Å². The van der Waals surface area contributed by atoms with Crippen molar-refractivity contribution in [3.63, 3.8) is 0 Å². The first-order valence-electron chi connectivity index (χ1n) is 5.20. The van der Waals surface area contributed by atoms with Crippen LogP contribution < -0.4 is 0 Å². The van der Waals surface area contributed by atoms with Crippen LogP contribution in [-0.4, -0.2) is 23.7 Å². The summed E-state index contributed by atoms with van der Waals surface area (Å²) in [7, 11) is 0. The van der Waals surface area contributed by atoms with Gasteiger partial charge in [-0.05, 0) is 19.3 Å². The Bertz CT molecular complexity index is 266. The Morgan fingerprint density at radius 2 is 1.60 bits per heavy atom. The highest BCUT2D eigenvalue weighted by molar-refractivity contribution is 5.99. The van der Waals surface area contributed by atoms with Crippen LogP contribution in [-0.2, 0) is 14.3 Å². The maximum Gasteiger partial charge on any atom is 0.334 e. The Morgan fingerprint density at radius 1 is 1.07 bits per heavy atom. The summed E-state index contributed by atoms with van der Waals surface area (Å²) in [4.78, 5) is 22.3. The maximum absolute atomic E-state index is 11.5. The zero-order valence-electron chi connectivity index (χ0n) is 9.50. The minimum atomic E-state index is -1.04. The molecule has 0 fully saturated rings. The molecule has 0 heterocycles. The summed E-state index contributed by atoms with van der Waals surface area (Å²) < 4.78 is 4.92. The summed E-state index contributed by atoms with van der Waals surface area (Å²) in [6.07, 6.45) is 1.45. The Hall–Kier alpha value is -1.32. The van der Waals surface area contributed by atoms with Crippen molar-refractivity contribution in [1.82, 2.24) is 0 Å². The normalized spacial score (nSPS) is 11.9. The van der Waals surface area contributed by atoms with Crippen LogP contribution in [0, 0.1) is 0 Å². The number of esters is 1. The van der Waals surface area contributed by atoms with Crippen molar-refractivity contribution < 1.29 is 19.4 Å². The van der Waals surface area contributed by atoms with Gasteiger partial charge in [-0.2, -0.15) is 0 Å². The van der Waals surface area contributed by atoms with Crippen LogP contribution in [0.2, 0.25) is 0 Å². The monoisotopic (exact) mass is 214 g/mol. The zero-order chi connectivity index (χ0) is 11.8. The van der Waals surface area contributed by atoms with Crippen molar-refractivity contribution in [2.24, 2.45) is 0 Å². The Kier molecular flexibility index (Phi) is 6.42. The fourth-order valence-corrected chi connectivity index (χ4v) is 1.26. The molecule has 0 aromatic rings. The molecular formula is C11H18O4. The fourth-order valence-electron chi connectivity index (χ4n) is 1.26. The van der Waals surface area contributed by atoms with E-state index in [0.717, 1.165) is 6.42 Å². The van der Waals surface area contributed by atoms with Crippen LogP contribution in [0.4, 0.5) is 0 Å². The predicted molar refractivity (Wildman–Crippen MR) is 56.5 cm³/mol. The minimum absolute atomic E-state index is 0.151. The molecule has 4 heteroatoms. The van der Waals surface area contributed by atoms with Crippen LogP contribution in [0.15, 0.2) is 11.1 Å². The van der Waals surface area contributed by atoms with Gasteiger partial charge in [0.25, 0.3) is 0 Å². The first-order valence-corrected chi connectivity index (χ1v) is 5.20. The van der Waals surface area contributed by atoms with Gasteiger partial charge < -0.3 is 9.84 Å². The Labute approximate surface area is 89.9 Å². The molecule has 0 saturated carbocycles. The Balaban J connectivity index is 4.84. The quantitative estimate of drug-likeness (QED) is 0.543. The summed E-state index contributed by atoms with van der Waals surface area (Å²) >= 11 is 0. The first-order chi connectivity index (χ1) is 7.08. The number of carbonyl (C=O) groups excluding carboxylic acids is 1. The molecule has 0 aliphatic heterocycles.